The van der Waals surface area contributed by atoms with Crippen molar-refractivity contribution in [3.05, 3.63) is 47.1 Å². The van der Waals surface area contributed by atoms with E-state index in [0.29, 0.717) is 0 Å². The molecule has 8 heteroatoms. The largest absolute Gasteiger partial charge is 0.507 e. The Morgan fingerprint density at radius 1 is 1.14 bits per heavy atom. The molecule has 1 aromatic rings. The molecule has 0 aromatic heterocycles. The number of aliphatic hydroxyl groups excluding tert-OH is 2. The number of esters is 2. The molecule has 0 bridgehead atoms. The number of cyclic esters (lactones) is 1. The Labute approximate surface area is 161 Å². The maximum absolute atomic E-state index is 12.6. The number of hydrogen-bond donors (Lipinski definition) is 3. The summed E-state index contributed by atoms with van der Waals surface area (Å²) in [7, 11) is 1.17. The molecule has 1 unspecified atom stereocenters. The lowest BCUT2D eigenvalue weighted by molar-refractivity contribution is -0.127. The molecule has 0 radical (unpaired) electrons. The van der Waals surface area contributed by atoms with Crippen molar-refractivity contribution in [1.29, 1.82) is 0 Å². The minimum Gasteiger partial charge on any atom is -0.507 e. The number of ether oxygens (including phenoxy) is 2. The van der Waals surface area contributed by atoms with Crippen LogP contribution in [-0.4, -0.2) is 58.5 Å². The summed E-state index contributed by atoms with van der Waals surface area (Å²) in [6.07, 6.45) is 1.61. The van der Waals surface area contributed by atoms with E-state index < -0.39 is 36.0 Å². The Balaban J connectivity index is 2.57. The molecule has 2 rings (SSSR count). The van der Waals surface area contributed by atoms with E-state index in [4.69, 9.17) is 9.47 Å². The van der Waals surface area contributed by atoms with E-state index in [1.807, 2.05) is 0 Å². The Morgan fingerprint density at radius 3 is 2.50 bits per heavy atom. The summed E-state index contributed by atoms with van der Waals surface area (Å²) in [6, 6.07) is 2.48. The second-order valence-corrected chi connectivity index (χ2v) is 6.32. The summed E-state index contributed by atoms with van der Waals surface area (Å²) in [4.78, 5) is 36.5. The van der Waals surface area contributed by atoms with Crippen LogP contribution in [0, 0.1) is 0 Å². The van der Waals surface area contributed by atoms with E-state index in [-0.39, 0.29) is 35.3 Å². The zero-order valence-corrected chi connectivity index (χ0v) is 15.5. The van der Waals surface area contributed by atoms with Crippen molar-refractivity contribution in [3.63, 3.8) is 0 Å². The van der Waals surface area contributed by atoms with Gasteiger partial charge in [0.05, 0.1) is 18.8 Å². The number of methoxy groups -OCH3 is 1. The van der Waals surface area contributed by atoms with E-state index in [0.717, 1.165) is 6.08 Å². The first-order valence-corrected chi connectivity index (χ1v) is 8.64. The maximum atomic E-state index is 12.6. The zero-order valence-electron chi connectivity index (χ0n) is 15.5. The minimum atomic E-state index is -1.62. The first kappa shape index (κ1) is 21.3. The number of rotatable bonds is 1. The molecule has 0 aliphatic carbocycles. The maximum Gasteiger partial charge on any atom is 0.342 e. The Kier molecular flexibility index (Phi) is 7.08. The number of carbonyl (C=O) groups excluding carboxylic acids is 3. The highest BCUT2D eigenvalue weighted by atomic mass is 16.5. The quantitative estimate of drug-likeness (QED) is 0.613. The molecule has 0 spiro atoms. The summed E-state index contributed by atoms with van der Waals surface area (Å²) in [5.41, 5.74) is -0.169. The van der Waals surface area contributed by atoms with Gasteiger partial charge in [0.2, 0.25) is 0 Å². The van der Waals surface area contributed by atoms with Gasteiger partial charge in [-0.2, -0.15) is 0 Å². The lowest BCUT2D eigenvalue weighted by atomic mass is 9.97. The van der Waals surface area contributed by atoms with Gasteiger partial charge in [-0.1, -0.05) is 18.2 Å². The molecule has 3 N–H and O–H groups in total. The van der Waals surface area contributed by atoms with E-state index in [1.54, 1.807) is 6.92 Å². The van der Waals surface area contributed by atoms with Crippen molar-refractivity contribution in [2.24, 2.45) is 0 Å². The third kappa shape index (κ3) is 4.85. The van der Waals surface area contributed by atoms with Crippen LogP contribution in [0.1, 0.15) is 46.0 Å². The SMILES string of the molecule is COC(=O)c1ccc(O)c2c1/C=C/C[C@H](O)C(O)C(=O)/C=C\C[C@H](C)OC2=O. The topological polar surface area (TPSA) is 130 Å². The van der Waals surface area contributed by atoms with Gasteiger partial charge in [-0.15, -0.1) is 0 Å². The molecule has 8 nitrogen and oxygen atoms in total. The third-order valence-corrected chi connectivity index (χ3v) is 4.21. The molecule has 150 valence electrons. The predicted molar refractivity (Wildman–Crippen MR) is 98.8 cm³/mol. The lowest BCUT2D eigenvalue weighted by Gasteiger charge is -2.17. The molecular weight excluding hydrogens is 368 g/mol. The van der Waals surface area contributed by atoms with E-state index in [2.05, 4.69) is 0 Å². The van der Waals surface area contributed by atoms with Crippen LogP contribution in [0.3, 0.4) is 0 Å². The second-order valence-electron chi connectivity index (χ2n) is 6.32. The molecule has 1 aromatic carbocycles. The third-order valence-electron chi connectivity index (χ3n) is 4.21. The number of fused-ring (bicyclic) bond motifs is 1. The van der Waals surface area contributed by atoms with Crippen molar-refractivity contribution >= 4 is 23.8 Å². The molecule has 0 amide bonds. The smallest absolute Gasteiger partial charge is 0.342 e. The highest BCUT2D eigenvalue weighted by Gasteiger charge is 2.25. The van der Waals surface area contributed by atoms with Gasteiger partial charge in [0.25, 0.3) is 0 Å². The average Bonchev–Trinajstić information content (AvgIpc) is 2.65. The van der Waals surface area contributed by atoms with Gasteiger partial charge in [0.1, 0.15) is 23.5 Å². The molecule has 28 heavy (non-hydrogen) atoms. The highest BCUT2D eigenvalue weighted by Crippen LogP contribution is 2.28. The Bertz CT molecular complexity index is 824. The van der Waals surface area contributed by atoms with Gasteiger partial charge in [0.15, 0.2) is 5.78 Å². The molecule has 0 saturated heterocycles. The second kappa shape index (κ2) is 9.29. The fourth-order valence-corrected chi connectivity index (χ4v) is 2.69. The average molecular weight is 390 g/mol. The fraction of sp³-hybridized carbons (Fsp3) is 0.350. The van der Waals surface area contributed by atoms with Gasteiger partial charge in [-0.25, -0.2) is 9.59 Å². The van der Waals surface area contributed by atoms with Crippen LogP contribution in [0.4, 0.5) is 0 Å². The lowest BCUT2D eigenvalue weighted by Crippen LogP contribution is -2.32. The first-order valence-electron chi connectivity index (χ1n) is 8.64. The highest BCUT2D eigenvalue weighted by molar-refractivity contribution is 6.03. The van der Waals surface area contributed by atoms with Gasteiger partial charge in [-0.3, -0.25) is 4.79 Å². The fourth-order valence-electron chi connectivity index (χ4n) is 2.69. The number of phenolic OH excluding ortho intramolecular Hbond substituents is 1. The standard InChI is InChI=1S/C20H22O8/c1-11-5-3-7-15(22)18(24)16(23)8-4-6-12-13(19(25)27-2)9-10-14(21)17(12)20(26)28-11/h3-4,6-7,9-11,16,18,21,23-24H,5,8H2,1-2H3/b6-4+,7-3-/t11-,16-,18?/m0/s1. The van der Waals surface area contributed by atoms with Gasteiger partial charge >= 0.3 is 11.9 Å². The van der Waals surface area contributed by atoms with Crippen LogP contribution in [0.15, 0.2) is 30.4 Å². The van der Waals surface area contributed by atoms with Crippen LogP contribution in [0.5, 0.6) is 5.75 Å². The summed E-state index contributed by atoms with van der Waals surface area (Å²) >= 11 is 0. The van der Waals surface area contributed by atoms with Crippen molar-refractivity contribution in [2.75, 3.05) is 7.11 Å². The number of carbonyl (C=O) groups is 3. The number of benzene rings is 1. The molecule has 1 aliphatic rings. The molecule has 0 saturated carbocycles. The first-order chi connectivity index (χ1) is 13.3. The van der Waals surface area contributed by atoms with Crippen molar-refractivity contribution in [2.45, 2.75) is 38.1 Å². The summed E-state index contributed by atoms with van der Waals surface area (Å²) in [5, 5.41) is 30.1. The van der Waals surface area contributed by atoms with E-state index in [9.17, 15) is 29.7 Å². The van der Waals surface area contributed by atoms with Gasteiger partial charge < -0.3 is 24.8 Å². The van der Waals surface area contributed by atoms with Crippen LogP contribution in [-0.2, 0) is 14.3 Å². The Hall–Kier alpha value is -2.97. The van der Waals surface area contributed by atoms with Crippen molar-refractivity contribution < 1.29 is 39.2 Å². The van der Waals surface area contributed by atoms with Crippen LogP contribution < -0.4 is 0 Å². The molecular formula is C20H22O8. The number of aromatic hydroxyl groups is 1. The predicted octanol–water partition coefficient (Wildman–Crippen LogP) is 1.38. The summed E-state index contributed by atoms with van der Waals surface area (Å²) in [5.74, 6) is -2.65. The molecule has 0 fully saturated rings. The normalized spacial score (nSPS) is 25.8. The number of phenols is 1. The van der Waals surface area contributed by atoms with Gasteiger partial charge in [-0.05, 0) is 31.6 Å². The van der Waals surface area contributed by atoms with Crippen LogP contribution in [0.2, 0.25) is 0 Å². The molecule has 1 aliphatic heterocycles. The summed E-state index contributed by atoms with van der Waals surface area (Å²) in [6.45, 7) is 1.58. The molecule has 1 heterocycles. The number of hydrogen-bond acceptors (Lipinski definition) is 8. The minimum absolute atomic E-state index is 0.00857. The summed E-state index contributed by atoms with van der Waals surface area (Å²) < 4.78 is 10.0. The Morgan fingerprint density at radius 2 is 1.82 bits per heavy atom. The van der Waals surface area contributed by atoms with Crippen LogP contribution in [0.25, 0.3) is 6.08 Å². The van der Waals surface area contributed by atoms with Crippen molar-refractivity contribution in [3.8, 4) is 5.75 Å². The molecule has 3 atom stereocenters. The van der Waals surface area contributed by atoms with E-state index in [1.165, 1.54) is 37.5 Å². The van der Waals surface area contributed by atoms with Gasteiger partial charge in [0, 0.05) is 12.0 Å². The van der Waals surface area contributed by atoms with Crippen molar-refractivity contribution in [1.82, 2.24) is 0 Å². The number of ketones is 1. The number of aliphatic hydroxyl groups is 2. The monoisotopic (exact) mass is 390 g/mol. The van der Waals surface area contributed by atoms with Crippen LogP contribution >= 0.6 is 0 Å². The zero-order chi connectivity index (χ0) is 20.8. The van der Waals surface area contributed by atoms with E-state index >= 15 is 0 Å².